The van der Waals surface area contributed by atoms with Crippen LogP contribution in [0, 0.1) is 0 Å². The molecule has 1 aromatic heterocycles. The van der Waals surface area contributed by atoms with E-state index in [0.717, 1.165) is 41.5 Å². The average Bonchev–Trinajstić information content (AvgIpc) is 3.36. The Morgan fingerprint density at radius 3 is 2.56 bits per heavy atom. The number of rotatable bonds is 8. The lowest BCUT2D eigenvalue weighted by Gasteiger charge is -2.41. The highest BCUT2D eigenvalue weighted by Crippen LogP contribution is 2.32. The van der Waals surface area contributed by atoms with Crippen molar-refractivity contribution in [2.45, 2.75) is 52.0 Å². The molecule has 0 bridgehead atoms. The quantitative estimate of drug-likeness (QED) is 0.392. The summed E-state index contributed by atoms with van der Waals surface area (Å²) in [5.74, 6) is 2.74. The van der Waals surface area contributed by atoms with Gasteiger partial charge in [0, 0.05) is 49.4 Å². The Labute approximate surface area is 214 Å². The zero-order chi connectivity index (χ0) is 25.9. The van der Waals surface area contributed by atoms with Crippen molar-refractivity contribution in [3.05, 3.63) is 77.2 Å². The van der Waals surface area contributed by atoms with Crippen molar-refractivity contribution in [3.8, 4) is 11.5 Å². The molecule has 0 spiro atoms. The zero-order valence-electron chi connectivity index (χ0n) is 22.3. The van der Waals surface area contributed by atoms with Crippen LogP contribution < -0.4 is 14.4 Å². The molecule has 0 saturated carbocycles. The Balaban J connectivity index is 1.45. The van der Waals surface area contributed by atoms with Crippen molar-refractivity contribution in [2.24, 2.45) is 0 Å². The molecular formula is C30H38N2O4. The van der Waals surface area contributed by atoms with E-state index in [1.165, 1.54) is 5.56 Å². The molecule has 1 amide bonds. The Morgan fingerprint density at radius 1 is 1.06 bits per heavy atom. The van der Waals surface area contributed by atoms with Crippen LogP contribution in [0.15, 0.2) is 59.0 Å². The van der Waals surface area contributed by atoms with E-state index in [9.17, 15) is 4.79 Å². The molecular weight excluding hydrogens is 452 g/mol. The van der Waals surface area contributed by atoms with Crippen LogP contribution in [0.25, 0.3) is 0 Å². The first kappa shape index (κ1) is 25.7. The van der Waals surface area contributed by atoms with E-state index >= 15 is 0 Å². The summed E-state index contributed by atoms with van der Waals surface area (Å²) in [7, 11) is 3.36. The highest BCUT2D eigenvalue weighted by molar-refractivity contribution is 5.91. The summed E-state index contributed by atoms with van der Waals surface area (Å²) >= 11 is 0. The van der Waals surface area contributed by atoms with Crippen molar-refractivity contribution in [3.63, 3.8) is 0 Å². The van der Waals surface area contributed by atoms with Crippen LogP contribution in [0.1, 0.15) is 61.6 Å². The molecule has 2 aromatic carbocycles. The first-order chi connectivity index (χ1) is 17.2. The summed E-state index contributed by atoms with van der Waals surface area (Å²) in [6.45, 7) is 10.9. The van der Waals surface area contributed by atoms with E-state index in [-0.39, 0.29) is 17.4 Å². The lowest BCUT2D eigenvalue weighted by Crippen LogP contribution is -2.53. The molecule has 0 N–H and O–H groups in total. The highest BCUT2D eigenvalue weighted by atomic mass is 16.5. The van der Waals surface area contributed by atoms with Gasteiger partial charge in [0.05, 0.1) is 14.2 Å². The molecule has 1 fully saturated rings. The minimum atomic E-state index is -0.0637. The normalized spacial score (nSPS) is 16.2. The summed E-state index contributed by atoms with van der Waals surface area (Å²) in [5, 5.41) is 0. The standard InChI is InChI=1S/C30H38N2O4/c1-7-30(3,4)23-11-13-27(35-6)22(17-23)18-26-12-14-28(36-26)29(33)31-15-16-32(21(2)20-31)24-9-8-10-25(19-24)34-5/h8-14,17,19,21H,7,15-16,18,20H2,1-6H3. The first-order valence-corrected chi connectivity index (χ1v) is 12.7. The van der Waals surface area contributed by atoms with Gasteiger partial charge in [-0.05, 0) is 54.7 Å². The number of hydrogen-bond donors (Lipinski definition) is 0. The number of hydrogen-bond acceptors (Lipinski definition) is 5. The second-order valence-electron chi connectivity index (χ2n) is 10.2. The van der Waals surface area contributed by atoms with E-state index in [1.54, 1.807) is 20.3 Å². The zero-order valence-corrected chi connectivity index (χ0v) is 22.3. The Bertz CT molecular complexity index is 1200. The second-order valence-corrected chi connectivity index (χ2v) is 10.2. The fourth-order valence-electron chi connectivity index (χ4n) is 4.79. The van der Waals surface area contributed by atoms with Crippen LogP contribution in [-0.2, 0) is 11.8 Å². The van der Waals surface area contributed by atoms with E-state index in [4.69, 9.17) is 13.9 Å². The third-order valence-corrected chi connectivity index (χ3v) is 7.48. The fourth-order valence-corrected chi connectivity index (χ4v) is 4.79. The lowest BCUT2D eigenvalue weighted by molar-refractivity contribution is 0.0692. The molecule has 0 aliphatic carbocycles. The number of carbonyl (C=O) groups is 1. The van der Waals surface area contributed by atoms with Crippen molar-refractivity contribution < 1.29 is 18.7 Å². The van der Waals surface area contributed by atoms with Crippen LogP contribution in [-0.4, -0.2) is 50.7 Å². The van der Waals surface area contributed by atoms with E-state index < -0.39 is 0 Å². The van der Waals surface area contributed by atoms with Crippen molar-refractivity contribution in [2.75, 3.05) is 38.8 Å². The van der Waals surface area contributed by atoms with Gasteiger partial charge in [-0.3, -0.25) is 4.79 Å². The third kappa shape index (κ3) is 5.38. The number of nitrogens with zero attached hydrogens (tertiary/aromatic N) is 2. The number of benzene rings is 2. The molecule has 6 heteroatoms. The molecule has 3 aromatic rings. The third-order valence-electron chi connectivity index (χ3n) is 7.48. The summed E-state index contributed by atoms with van der Waals surface area (Å²) < 4.78 is 17.0. The summed E-state index contributed by atoms with van der Waals surface area (Å²) in [6, 6.07) is 18.3. The van der Waals surface area contributed by atoms with Gasteiger partial charge in [-0.2, -0.15) is 0 Å². The topological polar surface area (TPSA) is 55.2 Å². The van der Waals surface area contributed by atoms with E-state index in [1.807, 2.05) is 35.2 Å². The Hall–Kier alpha value is -3.41. The number of carbonyl (C=O) groups excluding carboxylic acids is 1. The minimum Gasteiger partial charge on any atom is -0.497 e. The van der Waals surface area contributed by atoms with Gasteiger partial charge in [0.2, 0.25) is 0 Å². The maximum absolute atomic E-state index is 13.3. The lowest BCUT2D eigenvalue weighted by atomic mass is 9.81. The molecule has 1 aliphatic rings. The van der Waals surface area contributed by atoms with Gasteiger partial charge in [-0.25, -0.2) is 0 Å². The van der Waals surface area contributed by atoms with Gasteiger partial charge >= 0.3 is 0 Å². The number of furan rings is 1. The Morgan fingerprint density at radius 2 is 1.86 bits per heavy atom. The van der Waals surface area contributed by atoms with Gasteiger partial charge in [0.1, 0.15) is 17.3 Å². The van der Waals surface area contributed by atoms with Gasteiger partial charge in [-0.15, -0.1) is 0 Å². The number of anilines is 1. The molecule has 1 saturated heterocycles. The van der Waals surface area contributed by atoms with Crippen molar-refractivity contribution in [1.29, 1.82) is 0 Å². The minimum absolute atomic E-state index is 0.0637. The van der Waals surface area contributed by atoms with Gasteiger partial charge in [0.15, 0.2) is 5.76 Å². The summed E-state index contributed by atoms with van der Waals surface area (Å²) in [6.07, 6.45) is 1.62. The maximum Gasteiger partial charge on any atom is 0.289 e. The molecule has 192 valence electrons. The molecule has 2 heterocycles. The fraction of sp³-hybridized carbons (Fsp3) is 0.433. The predicted octanol–water partition coefficient (Wildman–Crippen LogP) is 5.93. The number of piperazine rings is 1. The smallest absolute Gasteiger partial charge is 0.289 e. The molecule has 1 unspecified atom stereocenters. The summed E-state index contributed by atoms with van der Waals surface area (Å²) in [5.41, 5.74) is 3.52. The van der Waals surface area contributed by atoms with Gasteiger partial charge in [-0.1, -0.05) is 39.0 Å². The molecule has 6 nitrogen and oxygen atoms in total. The largest absolute Gasteiger partial charge is 0.497 e. The predicted molar refractivity (Wildman–Crippen MR) is 144 cm³/mol. The number of ether oxygens (including phenoxy) is 2. The molecule has 1 aliphatic heterocycles. The molecule has 1 atom stereocenters. The SMILES string of the molecule is CCC(C)(C)c1ccc(OC)c(Cc2ccc(C(=O)N3CCN(c4cccc(OC)c4)C(C)C3)o2)c1. The van der Waals surface area contributed by atoms with E-state index in [0.29, 0.717) is 25.3 Å². The van der Waals surface area contributed by atoms with Crippen LogP contribution in [0.5, 0.6) is 11.5 Å². The van der Waals surface area contributed by atoms with Crippen molar-refractivity contribution in [1.82, 2.24) is 4.90 Å². The molecule has 36 heavy (non-hydrogen) atoms. The average molecular weight is 491 g/mol. The number of amides is 1. The maximum atomic E-state index is 13.3. The van der Waals surface area contributed by atoms with Gasteiger partial charge in [0.25, 0.3) is 5.91 Å². The monoisotopic (exact) mass is 490 g/mol. The summed E-state index contributed by atoms with van der Waals surface area (Å²) in [4.78, 5) is 17.5. The van der Waals surface area contributed by atoms with Crippen LogP contribution >= 0.6 is 0 Å². The highest BCUT2D eigenvalue weighted by Gasteiger charge is 2.29. The van der Waals surface area contributed by atoms with Crippen LogP contribution in [0.4, 0.5) is 5.69 Å². The molecule has 0 radical (unpaired) electrons. The van der Waals surface area contributed by atoms with Crippen LogP contribution in [0.2, 0.25) is 0 Å². The molecule has 4 rings (SSSR count). The first-order valence-electron chi connectivity index (χ1n) is 12.7. The van der Waals surface area contributed by atoms with Crippen LogP contribution in [0.3, 0.4) is 0 Å². The number of methoxy groups -OCH3 is 2. The van der Waals surface area contributed by atoms with Crippen molar-refractivity contribution >= 4 is 11.6 Å². The van der Waals surface area contributed by atoms with E-state index in [2.05, 4.69) is 50.8 Å². The Kier molecular flexibility index (Phi) is 7.62. The van der Waals surface area contributed by atoms with Gasteiger partial charge < -0.3 is 23.7 Å². The second kappa shape index (κ2) is 10.7.